The fraction of sp³-hybridized carbons (Fsp3) is 0.0385. The fourth-order valence-corrected chi connectivity index (χ4v) is 4.71. The molecule has 0 radical (unpaired) electrons. The molecule has 7 heteroatoms. The fourth-order valence-electron chi connectivity index (χ4n) is 3.46. The molecule has 2 aromatic heterocycles. The van der Waals surface area contributed by atoms with Gasteiger partial charge in [0.2, 0.25) is 0 Å². The number of imidazole rings is 1. The Hall–Kier alpha value is -3.17. The van der Waals surface area contributed by atoms with Crippen molar-refractivity contribution in [1.82, 2.24) is 9.55 Å². The molecule has 0 saturated heterocycles. The zero-order valence-electron chi connectivity index (χ0n) is 17.3. The van der Waals surface area contributed by atoms with E-state index in [1.54, 1.807) is 24.3 Å². The van der Waals surface area contributed by atoms with Crippen LogP contribution in [0.15, 0.2) is 105 Å². The minimum Gasteiger partial charge on any atom is -0.422 e. The Morgan fingerprint density at radius 3 is 2.48 bits per heavy atom. The Morgan fingerprint density at radius 1 is 0.970 bits per heavy atom. The van der Waals surface area contributed by atoms with Crippen molar-refractivity contribution in [3.63, 3.8) is 0 Å². The van der Waals surface area contributed by atoms with E-state index in [0.717, 1.165) is 14.6 Å². The van der Waals surface area contributed by atoms with E-state index < -0.39 is 5.63 Å². The van der Waals surface area contributed by atoms with Crippen molar-refractivity contribution < 1.29 is 9.21 Å². The molecule has 0 aliphatic carbocycles. The number of carbonyl (C=O) groups excluding carboxylic acids is 1. The second-order valence-electron chi connectivity index (χ2n) is 7.32. The highest BCUT2D eigenvalue weighted by Gasteiger charge is 2.17. The Balaban J connectivity index is 1.55. The van der Waals surface area contributed by atoms with Gasteiger partial charge in [-0.25, -0.2) is 9.78 Å². The first-order chi connectivity index (χ1) is 16.1. The average Bonchev–Trinajstić information content (AvgIpc) is 3.27. The molecule has 3 aromatic carbocycles. The largest absolute Gasteiger partial charge is 0.422 e. The molecular weight excluding hydrogens is 547 g/mol. The van der Waals surface area contributed by atoms with Crippen molar-refractivity contribution in [2.45, 2.75) is 5.16 Å². The Labute approximate surface area is 207 Å². The number of fused-ring (bicyclic) bond motifs is 1. The van der Waals surface area contributed by atoms with E-state index in [1.165, 1.54) is 11.8 Å². The number of nitrogens with zero attached hydrogens (tertiary/aromatic N) is 2. The van der Waals surface area contributed by atoms with E-state index in [9.17, 15) is 9.59 Å². The minimum absolute atomic E-state index is 0.0181. The molecule has 0 N–H and O–H groups in total. The van der Waals surface area contributed by atoms with Crippen LogP contribution in [-0.4, -0.2) is 21.1 Å². The van der Waals surface area contributed by atoms with Crippen LogP contribution in [0, 0.1) is 3.57 Å². The van der Waals surface area contributed by atoms with Gasteiger partial charge < -0.3 is 4.42 Å². The van der Waals surface area contributed by atoms with Crippen LogP contribution >= 0.6 is 34.4 Å². The van der Waals surface area contributed by atoms with Gasteiger partial charge in [0.25, 0.3) is 0 Å². The van der Waals surface area contributed by atoms with Gasteiger partial charge in [0.05, 0.1) is 17.0 Å². The molecule has 0 aliphatic heterocycles. The number of thioether (sulfide) groups is 1. The van der Waals surface area contributed by atoms with E-state index in [2.05, 4.69) is 22.6 Å². The first-order valence-corrected chi connectivity index (χ1v) is 12.2. The predicted molar refractivity (Wildman–Crippen MR) is 139 cm³/mol. The minimum atomic E-state index is -0.446. The van der Waals surface area contributed by atoms with Crippen LogP contribution < -0.4 is 5.63 Å². The number of para-hydroxylation sites is 1. The number of halogens is 1. The molecule has 2 heterocycles. The molecule has 33 heavy (non-hydrogen) atoms. The van der Waals surface area contributed by atoms with Gasteiger partial charge in [0.1, 0.15) is 5.58 Å². The summed E-state index contributed by atoms with van der Waals surface area (Å²) in [5.74, 6) is 0.251. The summed E-state index contributed by atoms with van der Waals surface area (Å²) in [7, 11) is 0. The standard InChI is InChI=1S/C26H17IN2O3S/c27-19-10-12-20(13-11-19)29-15-22(21-14-18-8-4-5-9-24(18)32-25(21)31)28-26(29)33-16-23(30)17-6-2-1-3-7-17/h1-15H,16H2. The maximum atomic E-state index is 12.7. The molecule has 0 atom stereocenters. The highest BCUT2D eigenvalue weighted by atomic mass is 127. The first kappa shape index (κ1) is 21.7. The van der Waals surface area contributed by atoms with Crippen LogP contribution in [0.5, 0.6) is 0 Å². The molecule has 0 saturated carbocycles. The van der Waals surface area contributed by atoms with E-state index in [1.807, 2.05) is 71.4 Å². The molecule has 0 unspecified atom stereocenters. The highest BCUT2D eigenvalue weighted by Crippen LogP contribution is 2.28. The molecule has 5 nitrogen and oxygen atoms in total. The maximum Gasteiger partial charge on any atom is 0.345 e. The molecule has 162 valence electrons. The number of ketones is 1. The summed E-state index contributed by atoms with van der Waals surface area (Å²) in [4.78, 5) is 30.1. The van der Waals surface area contributed by atoms with Gasteiger partial charge in [-0.3, -0.25) is 9.36 Å². The normalized spacial score (nSPS) is 11.1. The monoisotopic (exact) mass is 564 g/mol. The topological polar surface area (TPSA) is 65.1 Å². The van der Waals surface area contributed by atoms with Crippen LogP contribution in [0.25, 0.3) is 27.9 Å². The van der Waals surface area contributed by atoms with E-state index in [0.29, 0.717) is 27.6 Å². The number of Topliss-reactive ketones (excluding diaryl/α,β-unsaturated/α-hetero) is 1. The molecule has 0 amide bonds. The van der Waals surface area contributed by atoms with Crippen LogP contribution in [0.4, 0.5) is 0 Å². The Morgan fingerprint density at radius 2 is 1.70 bits per heavy atom. The number of benzene rings is 3. The summed E-state index contributed by atoms with van der Waals surface area (Å²) in [5.41, 5.74) is 2.53. The number of hydrogen-bond acceptors (Lipinski definition) is 5. The molecule has 0 fully saturated rings. The molecular formula is C26H17IN2O3S. The van der Waals surface area contributed by atoms with Gasteiger partial charge in [-0.2, -0.15) is 0 Å². The van der Waals surface area contributed by atoms with E-state index in [4.69, 9.17) is 9.40 Å². The van der Waals surface area contributed by atoms with Gasteiger partial charge in [-0.15, -0.1) is 0 Å². The molecule has 0 bridgehead atoms. The van der Waals surface area contributed by atoms with Crippen molar-refractivity contribution in [3.05, 3.63) is 111 Å². The molecule has 5 rings (SSSR count). The third kappa shape index (κ3) is 4.65. The second kappa shape index (κ2) is 9.36. The van der Waals surface area contributed by atoms with E-state index in [-0.39, 0.29) is 11.5 Å². The SMILES string of the molecule is O=C(CSc1nc(-c2cc3ccccc3oc2=O)cn1-c1ccc(I)cc1)c1ccccc1. The van der Waals surface area contributed by atoms with Crippen LogP contribution in [0.1, 0.15) is 10.4 Å². The average molecular weight is 564 g/mol. The van der Waals surface area contributed by atoms with Crippen molar-refractivity contribution >= 4 is 51.1 Å². The van der Waals surface area contributed by atoms with Crippen LogP contribution in [0.3, 0.4) is 0 Å². The quantitative estimate of drug-likeness (QED) is 0.106. The summed E-state index contributed by atoms with van der Waals surface area (Å²) >= 11 is 3.60. The van der Waals surface area contributed by atoms with Gasteiger partial charge in [0.15, 0.2) is 10.9 Å². The lowest BCUT2D eigenvalue weighted by atomic mass is 10.1. The third-order valence-electron chi connectivity index (χ3n) is 5.12. The second-order valence-corrected chi connectivity index (χ2v) is 9.51. The number of aromatic nitrogens is 2. The lowest BCUT2D eigenvalue weighted by Gasteiger charge is -2.07. The Kier molecular flexibility index (Phi) is 6.15. The Bertz CT molecular complexity index is 1510. The summed E-state index contributed by atoms with van der Waals surface area (Å²) < 4.78 is 8.52. The van der Waals surface area contributed by atoms with Crippen molar-refractivity contribution in [1.29, 1.82) is 0 Å². The molecule has 0 aliphatic rings. The third-order valence-corrected chi connectivity index (χ3v) is 6.80. The summed E-state index contributed by atoms with van der Waals surface area (Å²) in [6.07, 6.45) is 1.82. The van der Waals surface area contributed by atoms with Crippen molar-refractivity contribution in [2.75, 3.05) is 5.75 Å². The highest BCUT2D eigenvalue weighted by molar-refractivity contribution is 14.1. The summed E-state index contributed by atoms with van der Waals surface area (Å²) in [6.45, 7) is 0. The summed E-state index contributed by atoms with van der Waals surface area (Å²) in [5, 5.41) is 1.45. The first-order valence-electron chi connectivity index (χ1n) is 10.2. The lowest BCUT2D eigenvalue weighted by Crippen LogP contribution is -2.04. The zero-order valence-corrected chi connectivity index (χ0v) is 20.2. The van der Waals surface area contributed by atoms with Gasteiger partial charge in [-0.1, -0.05) is 60.3 Å². The van der Waals surface area contributed by atoms with Crippen LogP contribution in [-0.2, 0) is 0 Å². The lowest BCUT2D eigenvalue weighted by molar-refractivity contribution is 0.102. The molecule has 5 aromatic rings. The predicted octanol–water partition coefficient (Wildman–Crippen LogP) is 6.23. The number of carbonyl (C=O) groups is 1. The van der Waals surface area contributed by atoms with Gasteiger partial charge in [-0.05, 0) is 59.0 Å². The smallest absolute Gasteiger partial charge is 0.345 e. The zero-order chi connectivity index (χ0) is 22.8. The van der Waals surface area contributed by atoms with Crippen molar-refractivity contribution in [2.24, 2.45) is 0 Å². The maximum absolute atomic E-state index is 12.7. The number of hydrogen-bond donors (Lipinski definition) is 0. The summed E-state index contributed by atoms with van der Waals surface area (Å²) in [6, 6.07) is 26.4. The molecule has 0 spiro atoms. The van der Waals surface area contributed by atoms with Crippen molar-refractivity contribution in [3.8, 4) is 16.9 Å². The number of rotatable bonds is 6. The van der Waals surface area contributed by atoms with Crippen LogP contribution in [0.2, 0.25) is 0 Å². The van der Waals surface area contributed by atoms with E-state index >= 15 is 0 Å². The van der Waals surface area contributed by atoms with Gasteiger partial charge >= 0.3 is 5.63 Å². The van der Waals surface area contributed by atoms with Gasteiger partial charge in [0, 0.05) is 26.4 Å².